The van der Waals surface area contributed by atoms with Crippen molar-refractivity contribution in [3.05, 3.63) is 90.8 Å². The quantitative estimate of drug-likeness (QED) is 0.289. The van der Waals surface area contributed by atoms with Crippen molar-refractivity contribution in [2.75, 3.05) is 6.16 Å². The smallest absolute Gasteiger partial charge is 0.296 e. The maximum atomic E-state index is 9.43. The lowest BCUT2D eigenvalue weighted by molar-refractivity contribution is 0.319. The Morgan fingerprint density at radius 3 is 1.84 bits per heavy atom. The number of pyridine rings is 1. The van der Waals surface area contributed by atoms with E-state index in [9.17, 15) is 5.21 Å². The van der Waals surface area contributed by atoms with Crippen molar-refractivity contribution in [2.45, 2.75) is 0 Å². The standard InChI is InChI=1S/C19H17N2O3P/c22-21-19(16-11-13-20-14-12-16)15-25(23-17-7-3-1-4-8-17)24-18-9-5-2-6-10-18/h1-14,22H,15H2. The van der Waals surface area contributed by atoms with Crippen LogP contribution in [0.4, 0.5) is 0 Å². The molecule has 2 aromatic carbocycles. The van der Waals surface area contributed by atoms with E-state index in [0.29, 0.717) is 23.4 Å². The van der Waals surface area contributed by atoms with Gasteiger partial charge in [-0.3, -0.25) is 4.98 Å². The molecule has 0 unspecified atom stereocenters. The number of hydrogen-bond acceptors (Lipinski definition) is 5. The average Bonchev–Trinajstić information content (AvgIpc) is 2.68. The summed E-state index contributed by atoms with van der Waals surface area (Å²) in [6.45, 7) is 0. The highest BCUT2D eigenvalue weighted by Gasteiger charge is 2.20. The third-order valence-electron chi connectivity index (χ3n) is 3.31. The van der Waals surface area contributed by atoms with Crippen LogP contribution in [0.3, 0.4) is 0 Å². The van der Waals surface area contributed by atoms with Gasteiger partial charge >= 0.3 is 0 Å². The second-order valence-corrected chi connectivity index (χ2v) is 6.43. The van der Waals surface area contributed by atoms with Crippen molar-refractivity contribution < 1.29 is 14.3 Å². The molecule has 0 saturated carbocycles. The second kappa shape index (κ2) is 8.81. The first kappa shape index (κ1) is 16.9. The lowest BCUT2D eigenvalue weighted by Crippen LogP contribution is -2.11. The molecule has 6 heteroatoms. The zero-order valence-electron chi connectivity index (χ0n) is 13.4. The number of aromatic nitrogens is 1. The second-order valence-electron chi connectivity index (χ2n) is 5.08. The normalized spacial score (nSPS) is 11.3. The number of rotatable bonds is 7. The molecule has 5 nitrogen and oxygen atoms in total. The van der Waals surface area contributed by atoms with Crippen LogP contribution < -0.4 is 9.05 Å². The van der Waals surface area contributed by atoms with Crippen molar-refractivity contribution in [3.63, 3.8) is 0 Å². The molecule has 0 radical (unpaired) electrons. The van der Waals surface area contributed by atoms with Gasteiger partial charge in [0.05, 0.1) is 11.9 Å². The number of para-hydroxylation sites is 2. The van der Waals surface area contributed by atoms with Gasteiger partial charge in [0.25, 0.3) is 8.38 Å². The van der Waals surface area contributed by atoms with Gasteiger partial charge in [0.2, 0.25) is 0 Å². The predicted octanol–water partition coefficient (Wildman–Crippen LogP) is 4.73. The number of oxime groups is 1. The van der Waals surface area contributed by atoms with Crippen LogP contribution in [0.1, 0.15) is 5.56 Å². The zero-order valence-corrected chi connectivity index (χ0v) is 14.3. The minimum absolute atomic E-state index is 0.333. The predicted molar refractivity (Wildman–Crippen MR) is 98.5 cm³/mol. The van der Waals surface area contributed by atoms with E-state index < -0.39 is 8.38 Å². The van der Waals surface area contributed by atoms with E-state index in [2.05, 4.69) is 10.1 Å². The van der Waals surface area contributed by atoms with Crippen LogP contribution in [0.2, 0.25) is 0 Å². The van der Waals surface area contributed by atoms with Gasteiger partial charge in [-0.05, 0) is 36.4 Å². The lowest BCUT2D eigenvalue weighted by atomic mass is 10.2. The van der Waals surface area contributed by atoms with Crippen LogP contribution in [0.25, 0.3) is 0 Å². The molecule has 0 bridgehead atoms. The molecule has 1 heterocycles. The van der Waals surface area contributed by atoms with Gasteiger partial charge in [0.1, 0.15) is 11.5 Å². The van der Waals surface area contributed by atoms with Gasteiger partial charge in [0, 0.05) is 18.0 Å². The van der Waals surface area contributed by atoms with Crippen LogP contribution in [0, 0.1) is 0 Å². The van der Waals surface area contributed by atoms with E-state index in [-0.39, 0.29) is 0 Å². The molecule has 0 aliphatic carbocycles. The highest BCUT2D eigenvalue weighted by Crippen LogP contribution is 2.40. The molecule has 3 rings (SSSR count). The summed E-state index contributed by atoms with van der Waals surface area (Å²) in [6, 6.07) is 22.5. The van der Waals surface area contributed by atoms with Gasteiger partial charge in [-0.25, -0.2) is 0 Å². The Labute approximate surface area is 147 Å². The molecule has 0 spiro atoms. The van der Waals surface area contributed by atoms with Crippen molar-refractivity contribution in [3.8, 4) is 11.5 Å². The molecule has 3 aromatic rings. The number of benzene rings is 2. The summed E-state index contributed by atoms with van der Waals surface area (Å²) in [6.07, 6.45) is 3.64. The fraction of sp³-hybridized carbons (Fsp3) is 0.0526. The highest BCUT2D eigenvalue weighted by molar-refractivity contribution is 7.49. The Kier molecular flexibility index (Phi) is 5.96. The molecular weight excluding hydrogens is 335 g/mol. The van der Waals surface area contributed by atoms with E-state index in [1.165, 1.54) is 0 Å². The Hall–Kier alpha value is -2.91. The summed E-state index contributed by atoms with van der Waals surface area (Å²) in [5.74, 6) is 1.41. The van der Waals surface area contributed by atoms with Gasteiger partial charge in [-0.15, -0.1) is 0 Å². The monoisotopic (exact) mass is 352 g/mol. The van der Waals surface area contributed by atoms with Gasteiger partial charge < -0.3 is 14.3 Å². The van der Waals surface area contributed by atoms with Crippen LogP contribution in [0.15, 0.2) is 90.3 Å². The maximum Gasteiger partial charge on any atom is 0.296 e. The topological polar surface area (TPSA) is 63.9 Å². The molecule has 0 fully saturated rings. The van der Waals surface area contributed by atoms with Crippen LogP contribution in [-0.4, -0.2) is 22.1 Å². The molecular formula is C19H17N2O3P. The first-order valence-electron chi connectivity index (χ1n) is 7.70. The van der Waals surface area contributed by atoms with E-state index in [0.717, 1.165) is 5.56 Å². The summed E-state index contributed by atoms with van der Waals surface area (Å²) in [5, 5.41) is 12.9. The Morgan fingerprint density at radius 1 is 0.840 bits per heavy atom. The fourth-order valence-corrected chi connectivity index (χ4v) is 3.50. The number of nitrogens with zero attached hydrogens (tertiary/aromatic N) is 2. The van der Waals surface area contributed by atoms with Crippen LogP contribution >= 0.6 is 8.38 Å². The van der Waals surface area contributed by atoms with E-state index in [1.807, 2.05) is 60.7 Å². The van der Waals surface area contributed by atoms with Gasteiger partial charge in [0.15, 0.2) is 0 Å². The molecule has 1 N–H and O–H groups in total. The van der Waals surface area contributed by atoms with Gasteiger partial charge in [-0.1, -0.05) is 41.6 Å². The average molecular weight is 352 g/mol. The molecule has 0 amide bonds. The van der Waals surface area contributed by atoms with Crippen molar-refractivity contribution >= 4 is 14.1 Å². The summed E-state index contributed by atoms with van der Waals surface area (Å²) in [5.41, 5.74) is 1.26. The Morgan fingerprint density at radius 2 is 1.36 bits per heavy atom. The summed E-state index contributed by atoms with van der Waals surface area (Å²) < 4.78 is 12.0. The van der Waals surface area contributed by atoms with E-state index in [1.54, 1.807) is 24.5 Å². The SMILES string of the molecule is ON=C(CP(Oc1ccccc1)Oc1ccccc1)c1ccncc1. The molecule has 0 atom stereocenters. The Balaban J connectivity index is 1.80. The minimum atomic E-state index is -1.39. The molecule has 25 heavy (non-hydrogen) atoms. The van der Waals surface area contributed by atoms with Crippen molar-refractivity contribution in [1.29, 1.82) is 0 Å². The minimum Gasteiger partial charge on any atom is -0.438 e. The Bertz CT molecular complexity index is 757. The largest absolute Gasteiger partial charge is 0.438 e. The summed E-state index contributed by atoms with van der Waals surface area (Å²) >= 11 is 0. The number of hydrogen-bond donors (Lipinski definition) is 1. The highest BCUT2D eigenvalue weighted by atomic mass is 31.2. The molecule has 0 saturated heterocycles. The van der Waals surface area contributed by atoms with E-state index >= 15 is 0 Å². The van der Waals surface area contributed by atoms with Crippen LogP contribution in [-0.2, 0) is 0 Å². The van der Waals surface area contributed by atoms with Crippen molar-refractivity contribution in [1.82, 2.24) is 4.98 Å². The molecule has 1 aromatic heterocycles. The summed E-state index contributed by atoms with van der Waals surface area (Å²) in [7, 11) is -1.39. The molecule has 0 aliphatic rings. The molecule has 126 valence electrons. The zero-order chi connectivity index (χ0) is 17.3. The fourth-order valence-electron chi connectivity index (χ4n) is 2.13. The van der Waals surface area contributed by atoms with Crippen LogP contribution in [0.5, 0.6) is 11.5 Å². The van der Waals surface area contributed by atoms with Gasteiger partial charge in [-0.2, -0.15) is 0 Å². The molecule has 0 aliphatic heterocycles. The third kappa shape index (κ3) is 5.03. The maximum absolute atomic E-state index is 9.43. The first-order chi connectivity index (χ1) is 12.3. The lowest BCUT2D eigenvalue weighted by Gasteiger charge is -2.19. The third-order valence-corrected chi connectivity index (χ3v) is 4.70. The van der Waals surface area contributed by atoms with Crippen molar-refractivity contribution in [2.24, 2.45) is 5.16 Å². The summed E-state index contributed by atoms with van der Waals surface area (Å²) in [4.78, 5) is 3.98. The first-order valence-corrected chi connectivity index (χ1v) is 9.06. The van der Waals surface area contributed by atoms with E-state index in [4.69, 9.17) is 9.05 Å².